The van der Waals surface area contributed by atoms with Gasteiger partial charge in [-0.25, -0.2) is 0 Å². The van der Waals surface area contributed by atoms with Gasteiger partial charge < -0.3 is 0 Å². The number of alkyl halides is 3. The Hall–Kier alpha value is -1.08. The Morgan fingerprint density at radius 2 is 1.53 bits per heavy atom. The second-order valence-electron chi connectivity index (χ2n) is 5.11. The molecule has 0 spiro atoms. The van der Waals surface area contributed by atoms with E-state index in [2.05, 4.69) is 4.18 Å². The summed E-state index contributed by atoms with van der Waals surface area (Å²) in [6.45, 7) is 5.35. The fourth-order valence-corrected chi connectivity index (χ4v) is 1.74. The van der Waals surface area contributed by atoms with E-state index in [4.69, 9.17) is 0 Å². The summed E-state index contributed by atoms with van der Waals surface area (Å²) in [5, 5.41) is 0. The van der Waals surface area contributed by atoms with Gasteiger partial charge in [0.2, 0.25) is 0 Å². The summed E-state index contributed by atoms with van der Waals surface area (Å²) < 4.78 is 61.5. The molecule has 0 aliphatic carbocycles. The van der Waals surface area contributed by atoms with Crippen LogP contribution in [0.5, 0.6) is 0 Å². The molecular weight excluding hydrogens is 281 g/mol. The lowest BCUT2D eigenvalue weighted by Crippen LogP contribution is -2.25. The second kappa shape index (κ2) is 5.13. The van der Waals surface area contributed by atoms with Crippen LogP contribution in [-0.4, -0.2) is 13.9 Å². The minimum Gasteiger partial charge on any atom is -0.258 e. The molecule has 0 fully saturated rings. The first-order valence-electron chi connectivity index (χ1n) is 5.48. The molecule has 1 aromatic rings. The van der Waals surface area contributed by atoms with E-state index < -0.39 is 22.2 Å². The van der Waals surface area contributed by atoms with Gasteiger partial charge in [-0.05, 0) is 16.5 Å². The molecule has 0 unspecified atom stereocenters. The van der Waals surface area contributed by atoms with Gasteiger partial charge in [0, 0.05) is 0 Å². The van der Waals surface area contributed by atoms with E-state index in [1.165, 1.54) is 0 Å². The van der Waals surface area contributed by atoms with Crippen molar-refractivity contribution in [2.45, 2.75) is 38.3 Å². The summed E-state index contributed by atoms with van der Waals surface area (Å²) in [6, 6.07) is 6.57. The van der Waals surface area contributed by atoms with Crippen molar-refractivity contribution < 1.29 is 25.8 Å². The Kier molecular flexibility index (Phi) is 4.31. The van der Waals surface area contributed by atoms with Crippen LogP contribution in [0.3, 0.4) is 0 Å². The molecule has 0 aliphatic heterocycles. The summed E-state index contributed by atoms with van der Waals surface area (Å²) in [5.74, 6) is 0. The monoisotopic (exact) mass is 296 g/mol. The van der Waals surface area contributed by atoms with Crippen LogP contribution in [0.25, 0.3) is 0 Å². The van der Waals surface area contributed by atoms with Gasteiger partial charge in [0.1, 0.15) is 0 Å². The summed E-state index contributed by atoms with van der Waals surface area (Å²) in [4.78, 5) is 0. The van der Waals surface area contributed by atoms with E-state index in [1.54, 1.807) is 24.3 Å². The molecule has 0 heterocycles. The van der Waals surface area contributed by atoms with Crippen LogP contribution in [0.1, 0.15) is 31.9 Å². The standard InChI is InChI=1S/C12H15F3O3S/c1-11(2,3)10-6-4-9(5-7-10)8-18-19(16,17)12(13,14)15/h4-7H,8H2,1-3H3. The SMILES string of the molecule is CC(C)(C)c1ccc(COS(=O)(=O)C(F)(F)F)cc1. The highest BCUT2D eigenvalue weighted by atomic mass is 32.2. The average molecular weight is 296 g/mol. The van der Waals surface area contributed by atoms with Crippen molar-refractivity contribution >= 4 is 10.1 Å². The minimum atomic E-state index is -5.53. The first kappa shape index (κ1) is 16.0. The van der Waals surface area contributed by atoms with E-state index in [0.29, 0.717) is 5.56 Å². The third-order valence-electron chi connectivity index (χ3n) is 2.48. The third kappa shape index (κ3) is 4.21. The van der Waals surface area contributed by atoms with Gasteiger partial charge in [-0.1, -0.05) is 45.0 Å². The Morgan fingerprint density at radius 1 is 1.05 bits per heavy atom. The van der Waals surface area contributed by atoms with Crippen molar-refractivity contribution in [1.29, 1.82) is 0 Å². The number of hydrogen-bond donors (Lipinski definition) is 0. The van der Waals surface area contributed by atoms with Crippen molar-refractivity contribution in [3.8, 4) is 0 Å². The van der Waals surface area contributed by atoms with Gasteiger partial charge in [0.05, 0.1) is 6.61 Å². The Labute approximate surface area is 110 Å². The molecular formula is C12H15F3O3S. The van der Waals surface area contributed by atoms with Crippen LogP contribution < -0.4 is 0 Å². The van der Waals surface area contributed by atoms with E-state index in [9.17, 15) is 21.6 Å². The smallest absolute Gasteiger partial charge is 0.258 e. The minimum absolute atomic E-state index is 0.0859. The predicted octanol–water partition coefficient (Wildman–Crippen LogP) is 3.35. The van der Waals surface area contributed by atoms with Crippen molar-refractivity contribution in [2.24, 2.45) is 0 Å². The highest BCUT2D eigenvalue weighted by molar-refractivity contribution is 7.87. The molecule has 1 aromatic carbocycles. The van der Waals surface area contributed by atoms with Crippen molar-refractivity contribution in [2.75, 3.05) is 0 Å². The molecule has 7 heteroatoms. The number of rotatable bonds is 3. The molecule has 1 rings (SSSR count). The lowest BCUT2D eigenvalue weighted by molar-refractivity contribution is -0.0547. The molecule has 0 N–H and O–H groups in total. The molecule has 108 valence electrons. The Morgan fingerprint density at radius 3 is 1.89 bits per heavy atom. The lowest BCUT2D eigenvalue weighted by Gasteiger charge is -2.19. The molecule has 0 aromatic heterocycles. The van der Waals surface area contributed by atoms with E-state index in [0.717, 1.165) is 5.56 Å². The maximum absolute atomic E-state index is 12.0. The fraction of sp³-hybridized carbons (Fsp3) is 0.500. The lowest BCUT2D eigenvalue weighted by atomic mass is 9.87. The van der Waals surface area contributed by atoms with Gasteiger partial charge in [0.25, 0.3) is 0 Å². The van der Waals surface area contributed by atoms with Gasteiger partial charge in [-0.2, -0.15) is 21.6 Å². The summed E-state index contributed by atoms with van der Waals surface area (Å²) in [7, 11) is -5.53. The third-order valence-corrected chi connectivity index (χ3v) is 3.48. The van der Waals surface area contributed by atoms with E-state index in [-0.39, 0.29) is 5.41 Å². The predicted molar refractivity (Wildman–Crippen MR) is 64.9 cm³/mol. The highest BCUT2D eigenvalue weighted by Gasteiger charge is 2.47. The molecule has 0 amide bonds. The van der Waals surface area contributed by atoms with E-state index in [1.807, 2.05) is 20.8 Å². The molecule has 0 bridgehead atoms. The zero-order valence-electron chi connectivity index (χ0n) is 10.8. The van der Waals surface area contributed by atoms with Gasteiger partial charge >= 0.3 is 15.6 Å². The highest BCUT2D eigenvalue weighted by Crippen LogP contribution is 2.26. The quantitative estimate of drug-likeness (QED) is 0.634. The molecule has 0 atom stereocenters. The number of halogens is 3. The van der Waals surface area contributed by atoms with Crippen LogP contribution in [0.4, 0.5) is 13.2 Å². The maximum Gasteiger partial charge on any atom is 0.523 e. The molecule has 0 saturated heterocycles. The molecule has 0 saturated carbocycles. The first-order valence-corrected chi connectivity index (χ1v) is 6.89. The van der Waals surface area contributed by atoms with Gasteiger partial charge in [-0.3, -0.25) is 4.18 Å². The van der Waals surface area contributed by atoms with E-state index >= 15 is 0 Å². The van der Waals surface area contributed by atoms with Gasteiger partial charge in [0.15, 0.2) is 0 Å². The Balaban J connectivity index is 2.76. The van der Waals surface area contributed by atoms with Crippen LogP contribution in [0.2, 0.25) is 0 Å². The first-order chi connectivity index (χ1) is 8.43. The molecule has 0 radical (unpaired) electrons. The van der Waals surface area contributed by atoms with Crippen LogP contribution in [0.15, 0.2) is 24.3 Å². The van der Waals surface area contributed by atoms with Crippen molar-refractivity contribution in [1.82, 2.24) is 0 Å². The largest absolute Gasteiger partial charge is 0.523 e. The van der Waals surface area contributed by atoms with Crippen LogP contribution in [-0.2, 0) is 26.3 Å². The summed E-state index contributed by atoms with van der Waals surface area (Å²) in [6.07, 6.45) is 0. The summed E-state index contributed by atoms with van der Waals surface area (Å²) in [5.41, 5.74) is -4.12. The normalized spacial score (nSPS) is 13.6. The Bertz CT molecular complexity index is 525. The van der Waals surface area contributed by atoms with Crippen LogP contribution in [0, 0.1) is 0 Å². The fourth-order valence-electron chi connectivity index (χ4n) is 1.31. The van der Waals surface area contributed by atoms with Gasteiger partial charge in [-0.15, -0.1) is 0 Å². The second-order valence-corrected chi connectivity index (χ2v) is 6.72. The number of benzene rings is 1. The van der Waals surface area contributed by atoms with Crippen LogP contribution >= 0.6 is 0 Å². The molecule has 3 nitrogen and oxygen atoms in total. The van der Waals surface area contributed by atoms with Crippen molar-refractivity contribution in [3.63, 3.8) is 0 Å². The maximum atomic E-state index is 12.0. The topological polar surface area (TPSA) is 43.4 Å². The molecule has 19 heavy (non-hydrogen) atoms. The zero-order chi connectivity index (χ0) is 14.9. The zero-order valence-corrected chi connectivity index (χ0v) is 11.6. The average Bonchev–Trinajstić information content (AvgIpc) is 2.24. The number of hydrogen-bond acceptors (Lipinski definition) is 3. The summed E-state index contributed by atoms with van der Waals surface area (Å²) >= 11 is 0. The molecule has 0 aliphatic rings. The van der Waals surface area contributed by atoms with Crippen molar-refractivity contribution in [3.05, 3.63) is 35.4 Å².